The zero-order valence-electron chi connectivity index (χ0n) is 11.5. The van der Waals surface area contributed by atoms with Crippen molar-refractivity contribution < 1.29 is 0 Å². The summed E-state index contributed by atoms with van der Waals surface area (Å²) >= 11 is 6.26. The van der Waals surface area contributed by atoms with Crippen LogP contribution in [0.2, 0.25) is 5.02 Å². The van der Waals surface area contributed by atoms with E-state index in [1.165, 1.54) is 25.7 Å². The number of halogens is 1. The van der Waals surface area contributed by atoms with E-state index in [-0.39, 0.29) is 5.84 Å². The summed E-state index contributed by atoms with van der Waals surface area (Å²) in [6.07, 6.45) is 5.49. The van der Waals surface area contributed by atoms with Crippen LogP contribution in [0.15, 0.2) is 18.2 Å². The van der Waals surface area contributed by atoms with Crippen molar-refractivity contribution in [2.24, 2.45) is 11.7 Å². The monoisotopic (exact) mass is 279 g/mol. The van der Waals surface area contributed by atoms with Crippen LogP contribution < -0.4 is 5.73 Å². The summed E-state index contributed by atoms with van der Waals surface area (Å²) in [5.41, 5.74) is 7.25. The van der Waals surface area contributed by atoms with E-state index < -0.39 is 0 Å². The second-order valence-electron chi connectivity index (χ2n) is 5.57. The number of nitrogens with two attached hydrogens (primary N) is 1. The zero-order chi connectivity index (χ0) is 13.8. The van der Waals surface area contributed by atoms with E-state index in [4.69, 9.17) is 22.7 Å². The van der Waals surface area contributed by atoms with E-state index >= 15 is 0 Å². The molecule has 1 aromatic carbocycles. The molecule has 1 aliphatic rings. The summed E-state index contributed by atoms with van der Waals surface area (Å²) in [4.78, 5) is 2.34. The van der Waals surface area contributed by atoms with E-state index in [0.717, 1.165) is 24.6 Å². The average Bonchev–Trinajstić information content (AvgIpc) is 2.84. The Hall–Kier alpha value is -1.06. The first-order valence-electron chi connectivity index (χ1n) is 6.87. The van der Waals surface area contributed by atoms with Gasteiger partial charge in [0.15, 0.2) is 0 Å². The fourth-order valence-corrected chi connectivity index (χ4v) is 3.07. The molecule has 0 amide bonds. The lowest BCUT2D eigenvalue weighted by atomic mass is 10.1. The summed E-state index contributed by atoms with van der Waals surface area (Å²) in [7, 11) is 2.15. The van der Waals surface area contributed by atoms with Gasteiger partial charge in [0.05, 0.1) is 0 Å². The fourth-order valence-electron chi connectivity index (χ4n) is 2.83. The number of hydrogen-bond acceptors (Lipinski definition) is 2. The third-order valence-corrected chi connectivity index (χ3v) is 4.20. The highest BCUT2D eigenvalue weighted by atomic mass is 35.5. The Morgan fingerprint density at radius 3 is 2.68 bits per heavy atom. The lowest BCUT2D eigenvalue weighted by Crippen LogP contribution is -2.24. The van der Waals surface area contributed by atoms with Gasteiger partial charge in [-0.15, -0.1) is 0 Å². The number of nitrogens with one attached hydrogen (secondary N) is 1. The van der Waals surface area contributed by atoms with Gasteiger partial charge in [0.1, 0.15) is 5.84 Å². The standard InChI is InChI=1S/C15H22ClN3/c1-19(9-11-4-2-3-5-11)10-13-7-6-12(15(17)18)8-14(13)16/h6-8,11H,2-5,9-10H2,1H3,(H3,17,18). The summed E-state index contributed by atoms with van der Waals surface area (Å²) in [5, 5.41) is 8.10. The normalized spacial score (nSPS) is 16.2. The van der Waals surface area contributed by atoms with Gasteiger partial charge >= 0.3 is 0 Å². The Kier molecular flexibility index (Phi) is 4.83. The van der Waals surface area contributed by atoms with Crippen molar-refractivity contribution in [3.05, 3.63) is 34.3 Å². The largest absolute Gasteiger partial charge is 0.384 e. The first kappa shape index (κ1) is 14.4. The minimum absolute atomic E-state index is 0.0627. The van der Waals surface area contributed by atoms with Crippen LogP contribution in [-0.4, -0.2) is 24.3 Å². The summed E-state index contributed by atoms with van der Waals surface area (Å²) in [6.45, 7) is 2.00. The number of nitrogen functional groups attached to an aromatic ring is 1. The van der Waals surface area contributed by atoms with Gasteiger partial charge in [-0.25, -0.2) is 0 Å². The summed E-state index contributed by atoms with van der Waals surface area (Å²) in [5.74, 6) is 0.910. The molecule has 1 fully saturated rings. The van der Waals surface area contributed by atoms with Gasteiger partial charge in [0.2, 0.25) is 0 Å². The Bertz CT molecular complexity index is 453. The lowest BCUT2D eigenvalue weighted by Gasteiger charge is -2.21. The van der Waals surface area contributed by atoms with Crippen molar-refractivity contribution in [3.63, 3.8) is 0 Å². The molecule has 0 saturated heterocycles. The first-order chi connectivity index (χ1) is 9.06. The Labute approximate surface area is 120 Å². The van der Waals surface area contributed by atoms with E-state index in [9.17, 15) is 0 Å². The molecule has 4 heteroatoms. The van der Waals surface area contributed by atoms with E-state index in [1.807, 2.05) is 12.1 Å². The van der Waals surface area contributed by atoms with E-state index in [0.29, 0.717) is 10.6 Å². The van der Waals surface area contributed by atoms with Crippen LogP contribution in [0.3, 0.4) is 0 Å². The van der Waals surface area contributed by atoms with Gasteiger partial charge in [0.25, 0.3) is 0 Å². The highest BCUT2D eigenvalue weighted by Gasteiger charge is 2.17. The number of nitrogens with zero attached hydrogens (tertiary/aromatic N) is 1. The third-order valence-electron chi connectivity index (χ3n) is 3.85. The van der Waals surface area contributed by atoms with Gasteiger partial charge in [0, 0.05) is 23.7 Å². The molecule has 2 rings (SSSR count). The fraction of sp³-hybridized carbons (Fsp3) is 0.533. The van der Waals surface area contributed by atoms with Crippen molar-refractivity contribution in [2.75, 3.05) is 13.6 Å². The van der Waals surface area contributed by atoms with Gasteiger partial charge in [-0.2, -0.15) is 0 Å². The predicted molar refractivity (Wildman–Crippen MR) is 80.8 cm³/mol. The molecule has 0 atom stereocenters. The van der Waals surface area contributed by atoms with Crippen molar-refractivity contribution in [1.82, 2.24) is 4.90 Å². The van der Waals surface area contributed by atoms with Crippen molar-refractivity contribution >= 4 is 17.4 Å². The van der Waals surface area contributed by atoms with E-state index in [2.05, 4.69) is 11.9 Å². The maximum Gasteiger partial charge on any atom is 0.122 e. The molecule has 0 heterocycles. The van der Waals surface area contributed by atoms with Crippen molar-refractivity contribution in [2.45, 2.75) is 32.2 Å². The molecule has 0 aromatic heterocycles. The maximum atomic E-state index is 7.40. The molecule has 0 radical (unpaired) electrons. The molecule has 19 heavy (non-hydrogen) atoms. The molecule has 0 bridgehead atoms. The van der Waals surface area contributed by atoms with Gasteiger partial charge in [-0.1, -0.05) is 36.6 Å². The van der Waals surface area contributed by atoms with Crippen LogP contribution >= 0.6 is 11.6 Å². The number of amidine groups is 1. The molecule has 1 aliphatic carbocycles. The maximum absolute atomic E-state index is 7.40. The molecular formula is C15H22ClN3. The van der Waals surface area contributed by atoms with Crippen LogP contribution in [0, 0.1) is 11.3 Å². The summed E-state index contributed by atoms with van der Waals surface area (Å²) < 4.78 is 0. The van der Waals surface area contributed by atoms with Crippen LogP contribution in [0.25, 0.3) is 0 Å². The summed E-state index contributed by atoms with van der Waals surface area (Å²) in [6, 6.07) is 5.62. The second kappa shape index (κ2) is 6.40. The number of hydrogen-bond donors (Lipinski definition) is 2. The minimum atomic E-state index is 0.0627. The quantitative estimate of drug-likeness (QED) is 0.642. The zero-order valence-corrected chi connectivity index (χ0v) is 12.2. The SMILES string of the molecule is CN(Cc1ccc(C(=N)N)cc1Cl)CC1CCCC1. The van der Waals surface area contributed by atoms with Gasteiger partial charge in [-0.3, -0.25) is 5.41 Å². The van der Waals surface area contributed by atoms with Crippen LogP contribution in [0.1, 0.15) is 36.8 Å². The van der Waals surface area contributed by atoms with Crippen LogP contribution in [0.5, 0.6) is 0 Å². The average molecular weight is 280 g/mol. The van der Waals surface area contributed by atoms with E-state index in [1.54, 1.807) is 6.07 Å². The Morgan fingerprint density at radius 1 is 1.42 bits per heavy atom. The Morgan fingerprint density at radius 2 is 2.11 bits per heavy atom. The number of rotatable bonds is 5. The molecule has 3 nitrogen and oxygen atoms in total. The minimum Gasteiger partial charge on any atom is -0.384 e. The highest BCUT2D eigenvalue weighted by Crippen LogP contribution is 2.26. The van der Waals surface area contributed by atoms with Gasteiger partial charge < -0.3 is 10.6 Å². The van der Waals surface area contributed by atoms with Crippen LogP contribution in [0.4, 0.5) is 0 Å². The molecule has 3 N–H and O–H groups in total. The third kappa shape index (κ3) is 3.95. The molecule has 1 saturated carbocycles. The second-order valence-corrected chi connectivity index (χ2v) is 5.97. The smallest absolute Gasteiger partial charge is 0.122 e. The first-order valence-corrected chi connectivity index (χ1v) is 7.25. The molecule has 0 unspecified atom stereocenters. The number of benzene rings is 1. The van der Waals surface area contributed by atoms with Crippen LogP contribution in [-0.2, 0) is 6.54 Å². The molecule has 104 valence electrons. The topological polar surface area (TPSA) is 53.1 Å². The van der Waals surface area contributed by atoms with Crippen molar-refractivity contribution in [1.29, 1.82) is 5.41 Å². The predicted octanol–water partition coefficient (Wildman–Crippen LogP) is 3.25. The highest BCUT2D eigenvalue weighted by molar-refractivity contribution is 6.31. The van der Waals surface area contributed by atoms with Crippen molar-refractivity contribution in [3.8, 4) is 0 Å². The lowest BCUT2D eigenvalue weighted by molar-refractivity contribution is 0.271. The molecule has 0 aliphatic heterocycles. The molecule has 0 spiro atoms. The van der Waals surface area contributed by atoms with Gasteiger partial charge in [-0.05, 0) is 37.4 Å². The molecule has 1 aromatic rings. The Balaban J connectivity index is 1.96. The molecular weight excluding hydrogens is 258 g/mol.